The molecule has 26 heavy (non-hydrogen) atoms. The van der Waals surface area contributed by atoms with Crippen LogP contribution in [0.4, 0.5) is 11.4 Å². The molecule has 3 heterocycles. The van der Waals surface area contributed by atoms with E-state index in [0.717, 1.165) is 52.1 Å². The molecule has 0 radical (unpaired) electrons. The molecule has 2 aromatic rings. The Hall–Kier alpha value is -2.56. The van der Waals surface area contributed by atoms with Gasteiger partial charge in [0, 0.05) is 63.0 Å². The third-order valence-corrected chi connectivity index (χ3v) is 5.51. The summed E-state index contributed by atoms with van der Waals surface area (Å²) in [7, 11) is 0. The molecule has 1 aromatic carbocycles. The fraction of sp³-hybridized carbons (Fsp3) is 0.429. The van der Waals surface area contributed by atoms with Crippen molar-refractivity contribution in [2.24, 2.45) is 5.92 Å². The first-order valence-corrected chi connectivity index (χ1v) is 9.55. The minimum absolute atomic E-state index is 0.111. The molecule has 4 rings (SSSR count). The normalized spacial score (nSPS) is 20.9. The number of pyridine rings is 1. The lowest BCUT2D eigenvalue weighted by Gasteiger charge is -2.40. The van der Waals surface area contributed by atoms with Gasteiger partial charge in [0.05, 0.1) is 5.92 Å². The van der Waals surface area contributed by atoms with E-state index in [9.17, 15) is 4.79 Å². The van der Waals surface area contributed by atoms with E-state index in [1.165, 1.54) is 11.4 Å². The Balaban J connectivity index is 1.35. The van der Waals surface area contributed by atoms with Gasteiger partial charge in [-0.1, -0.05) is 18.2 Å². The van der Waals surface area contributed by atoms with Crippen molar-refractivity contribution in [1.82, 2.24) is 9.88 Å². The van der Waals surface area contributed by atoms with Crippen molar-refractivity contribution in [2.45, 2.75) is 12.8 Å². The number of carbonyl (C=O) groups is 1. The third kappa shape index (κ3) is 3.66. The Morgan fingerprint density at radius 2 is 1.54 bits per heavy atom. The van der Waals surface area contributed by atoms with Crippen molar-refractivity contribution in [3.8, 4) is 0 Å². The molecule has 5 nitrogen and oxygen atoms in total. The average Bonchev–Trinajstić information content (AvgIpc) is 2.75. The average molecular weight is 350 g/mol. The molecular weight excluding hydrogens is 324 g/mol. The van der Waals surface area contributed by atoms with Crippen LogP contribution in [0.2, 0.25) is 0 Å². The van der Waals surface area contributed by atoms with E-state index >= 15 is 0 Å². The first-order valence-electron chi connectivity index (χ1n) is 9.55. The summed E-state index contributed by atoms with van der Waals surface area (Å²) < 4.78 is 0. The number of piperidine rings is 1. The molecule has 0 bridgehead atoms. The zero-order valence-electron chi connectivity index (χ0n) is 15.1. The highest BCUT2D eigenvalue weighted by atomic mass is 16.2. The molecule has 136 valence electrons. The first kappa shape index (κ1) is 16.9. The third-order valence-electron chi connectivity index (χ3n) is 5.51. The summed E-state index contributed by atoms with van der Waals surface area (Å²) in [6.45, 7) is 5.31. The van der Waals surface area contributed by atoms with Crippen LogP contribution in [0, 0.1) is 5.92 Å². The van der Waals surface area contributed by atoms with Crippen LogP contribution in [0.5, 0.6) is 0 Å². The van der Waals surface area contributed by atoms with Crippen LogP contribution in [-0.2, 0) is 4.79 Å². The predicted octanol–water partition coefficient (Wildman–Crippen LogP) is 2.65. The lowest BCUT2D eigenvalue weighted by molar-refractivity contribution is -0.136. The zero-order chi connectivity index (χ0) is 17.8. The van der Waals surface area contributed by atoms with Crippen LogP contribution in [-0.4, -0.2) is 55.1 Å². The standard InChI is InChI=1S/C21H26N4O/c26-21(18-5-4-12-25(17-18)20-8-10-22-11-9-20)24-15-13-23(14-16-24)19-6-2-1-3-7-19/h1-3,6-11,18H,4-5,12-17H2. The van der Waals surface area contributed by atoms with Crippen molar-refractivity contribution in [1.29, 1.82) is 0 Å². The number of nitrogens with zero attached hydrogens (tertiary/aromatic N) is 4. The molecule has 1 aromatic heterocycles. The number of para-hydroxylation sites is 1. The molecule has 0 saturated carbocycles. The second-order valence-corrected chi connectivity index (χ2v) is 7.14. The minimum Gasteiger partial charge on any atom is -0.371 e. The molecule has 1 atom stereocenters. The molecule has 0 aliphatic carbocycles. The highest BCUT2D eigenvalue weighted by molar-refractivity contribution is 5.80. The van der Waals surface area contributed by atoms with E-state index in [4.69, 9.17) is 0 Å². The smallest absolute Gasteiger partial charge is 0.227 e. The second-order valence-electron chi connectivity index (χ2n) is 7.14. The quantitative estimate of drug-likeness (QED) is 0.853. The van der Waals surface area contributed by atoms with Gasteiger partial charge >= 0.3 is 0 Å². The van der Waals surface area contributed by atoms with Gasteiger partial charge in [-0.25, -0.2) is 0 Å². The zero-order valence-corrected chi connectivity index (χ0v) is 15.1. The Kier molecular flexibility index (Phi) is 5.04. The van der Waals surface area contributed by atoms with E-state index in [1.54, 1.807) is 0 Å². The molecule has 2 aliphatic rings. The molecule has 2 saturated heterocycles. The van der Waals surface area contributed by atoms with Crippen LogP contribution in [0.1, 0.15) is 12.8 Å². The fourth-order valence-electron chi connectivity index (χ4n) is 4.05. The number of hydrogen-bond acceptors (Lipinski definition) is 4. The highest BCUT2D eigenvalue weighted by Crippen LogP contribution is 2.25. The van der Waals surface area contributed by atoms with Gasteiger partial charge in [0.2, 0.25) is 5.91 Å². The number of anilines is 2. The molecule has 0 spiro atoms. The second kappa shape index (κ2) is 7.77. The monoisotopic (exact) mass is 350 g/mol. The van der Waals surface area contributed by atoms with Gasteiger partial charge in [-0.3, -0.25) is 9.78 Å². The maximum absolute atomic E-state index is 13.0. The number of piperazine rings is 1. The van der Waals surface area contributed by atoms with Gasteiger partial charge in [-0.05, 0) is 37.1 Å². The molecule has 1 amide bonds. The Labute approximate surface area is 155 Å². The van der Waals surface area contributed by atoms with Crippen molar-refractivity contribution in [3.63, 3.8) is 0 Å². The summed E-state index contributed by atoms with van der Waals surface area (Å²) >= 11 is 0. The molecule has 5 heteroatoms. The number of hydrogen-bond donors (Lipinski definition) is 0. The topological polar surface area (TPSA) is 39.7 Å². The van der Waals surface area contributed by atoms with E-state index in [-0.39, 0.29) is 5.92 Å². The molecule has 2 aliphatic heterocycles. The SMILES string of the molecule is O=C(C1CCCN(c2ccncc2)C1)N1CCN(c2ccccc2)CC1. The lowest BCUT2D eigenvalue weighted by atomic mass is 9.95. The summed E-state index contributed by atoms with van der Waals surface area (Å²) in [5, 5.41) is 0. The molecular formula is C21H26N4O. The molecule has 1 unspecified atom stereocenters. The van der Waals surface area contributed by atoms with Gasteiger partial charge in [-0.15, -0.1) is 0 Å². The van der Waals surface area contributed by atoms with Crippen LogP contribution in [0.15, 0.2) is 54.9 Å². The number of amides is 1. The largest absolute Gasteiger partial charge is 0.371 e. The van der Waals surface area contributed by atoms with E-state index in [2.05, 4.69) is 43.9 Å². The number of benzene rings is 1. The van der Waals surface area contributed by atoms with Crippen LogP contribution >= 0.6 is 0 Å². The molecule has 0 N–H and O–H groups in total. The van der Waals surface area contributed by atoms with Crippen molar-refractivity contribution >= 4 is 17.3 Å². The Bertz CT molecular complexity index is 713. The first-order chi connectivity index (χ1) is 12.8. The van der Waals surface area contributed by atoms with E-state index in [1.807, 2.05) is 30.6 Å². The van der Waals surface area contributed by atoms with Crippen LogP contribution in [0.3, 0.4) is 0 Å². The number of carbonyl (C=O) groups excluding carboxylic acids is 1. The Morgan fingerprint density at radius 1 is 0.846 bits per heavy atom. The summed E-state index contributed by atoms with van der Waals surface area (Å²) in [6.07, 6.45) is 5.72. The van der Waals surface area contributed by atoms with Gasteiger partial charge < -0.3 is 14.7 Å². The van der Waals surface area contributed by atoms with Crippen molar-refractivity contribution in [3.05, 3.63) is 54.9 Å². The summed E-state index contributed by atoms with van der Waals surface area (Å²) in [5.41, 5.74) is 2.42. The Morgan fingerprint density at radius 3 is 2.27 bits per heavy atom. The maximum atomic E-state index is 13.0. The van der Waals surface area contributed by atoms with Crippen molar-refractivity contribution < 1.29 is 4.79 Å². The van der Waals surface area contributed by atoms with Crippen LogP contribution in [0.25, 0.3) is 0 Å². The number of aromatic nitrogens is 1. The fourth-order valence-corrected chi connectivity index (χ4v) is 4.05. The molecule has 2 fully saturated rings. The minimum atomic E-state index is 0.111. The van der Waals surface area contributed by atoms with Gasteiger partial charge in [0.15, 0.2) is 0 Å². The van der Waals surface area contributed by atoms with Gasteiger partial charge in [0.1, 0.15) is 0 Å². The van der Waals surface area contributed by atoms with Gasteiger partial charge in [-0.2, -0.15) is 0 Å². The van der Waals surface area contributed by atoms with Crippen molar-refractivity contribution in [2.75, 3.05) is 49.1 Å². The van der Waals surface area contributed by atoms with E-state index in [0.29, 0.717) is 5.91 Å². The van der Waals surface area contributed by atoms with E-state index < -0.39 is 0 Å². The summed E-state index contributed by atoms with van der Waals surface area (Å²) in [5.74, 6) is 0.441. The number of rotatable bonds is 3. The summed E-state index contributed by atoms with van der Waals surface area (Å²) in [4.78, 5) is 23.9. The van der Waals surface area contributed by atoms with Crippen LogP contribution < -0.4 is 9.80 Å². The lowest BCUT2D eigenvalue weighted by Crippen LogP contribution is -2.52. The highest BCUT2D eigenvalue weighted by Gasteiger charge is 2.31. The summed E-state index contributed by atoms with van der Waals surface area (Å²) in [6, 6.07) is 14.5. The maximum Gasteiger partial charge on any atom is 0.227 e. The predicted molar refractivity (Wildman–Crippen MR) is 104 cm³/mol. The van der Waals surface area contributed by atoms with Gasteiger partial charge in [0.25, 0.3) is 0 Å².